The molecule has 0 saturated carbocycles. The fourth-order valence-electron chi connectivity index (χ4n) is 2.14. The molecule has 3 heteroatoms. The largest absolute Gasteiger partial charge is 0.281 e. The molecule has 0 N–H and O–H groups in total. The van der Waals surface area contributed by atoms with Crippen molar-refractivity contribution >= 4 is 22.0 Å². The van der Waals surface area contributed by atoms with Gasteiger partial charge in [-0.05, 0) is 61.7 Å². The molecule has 2 rings (SSSR count). The molecule has 0 fully saturated rings. The van der Waals surface area contributed by atoms with E-state index in [0.29, 0.717) is 11.1 Å². The number of hydrogen-bond acceptors (Lipinski definition) is 3. The number of rotatable bonds is 2. The van der Waals surface area contributed by atoms with Crippen molar-refractivity contribution in [2.24, 2.45) is 0 Å². The van der Waals surface area contributed by atoms with E-state index in [1.54, 1.807) is 12.1 Å². The van der Waals surface area contributed by atoms with Crippen LogP contribution < -0.4 is 0 Å². The van der Waals surface area contributed by atoms with Gasteiger partial charge >= 0.3 is 0 Å². The molecule has 0 unspecified atom stereocenters. The monoisotopic (exact) mass is 298 g/mol. The topological polar surface area (TPSA) is 34.1 Å². The average Bonchev–Trinajstić information content (AvgIpc) is 2.44. The third-order valence-electron chi connectivity index (χ3n) is 3.83. The van der Waals surface area contributed by atoms with Crippen molar-refractivity contribution in [1.82, 2.24) is 0 Å². The Morgan fingerprint density at radius 3 is 1.48 bits per heavy atom. The second-order valence-corrected chi connectivity index (χ2v) is 6.12. The molecule has 108 valence electrons. The molecule has 0 heterocycles. The summed E-state index contributed by atoms with van der Waals surface area (Å²) in [6.45, 7) is 7.74. The highest BCUT2D eigenvalue weighted by Gasteiger charge is 2.18. The van der Waals surface area contributed by atoms with Crippen molar-refractivity contribution in [2.75, 3.05) is 0 Å². The normalized spacial score (nSPS) is 10.5. The van der Waals surface area contributed by atoms with Crippen LogP contribution in [0.4, 0.5) is 0 Å². The van der Waals surface area contributed by atoms with E-state index in [4.69, 9.17) is 0 Å². The molecule has 0 spiro atoms. The smallest absolute Gasteiger partial charge is 0.227 e. The van der Waals surface area contributed by atoms with E-state index in [9.17, 15) is 9.59 Å². The summed E-state index contributed by atoms with van der Waals surface area (Å²) in [5.74, 6) is 0. The predicted molar refractivity (Wildman–Crippen MR) is 88.1 cm³/mol. The third kappa shape index (κ3) is 3.24. The number of carbonyl (C=O) groups is 2. The fraction of sp³-hybridized carbons (Fsp3) is 0.222. The van der Waals surface area contributed by atoms with E-state index in [-0.39, 0.29) is 10.2 Å². The van der Waals surface area contributed by atoms with Crippen LogP contribution in [-0.2, 0) is 0 Å². The molecular formula is C18H18O2S. The highest BCUT2D eigenvalue weighted by atomic mass is 32.2. The van der Waals surface area contributed by atoms with Crippen LogP contribution >= 0.6 is 11.8 Å². The van der Waals surface area contributed by atoms with E-state index in [1.165, 1.54) is 0 Å². The first kappa shape index (κ1) is 15.5. The Balaban J connectivity index is 2.25. The van der Waals surface area contributed by atoms with Gasteiger partial charge in [-0.25, -0.2) is 0 Å². The maximum Gasteiger partial charge on any atom is 0.227 e. The summed E-state index contributed by atoms with van der Waals surface area (Å²) in [6.07, 6.45) is 0. The van der Waals surface area contributed by atoms with Crippen LogP contribution in [0.15, 0.2) is 36.4 Å². The SMILES string of the molecule is Cc1cccc(C(=O)SC(=O)c2cccc(C)c2C)c1C. The molecule has 2 nitrogen and oxygen atoms in total. The molecular weight excluding hydrogens is 280 g/mol. The minimum atomic E-state index is -0.192. The molecule has 2 aromatic carbocycles. The summed E-state index contributed by atoms with van der Waals surface area (Å²) in [5, 5.41) is -0.385. The zero-order valence-corrected chi connectivity index (χ0v) is 13.5. The summed E-state index contributed by atoms with van der Waals surface area (Å²) in [5.41, 5.74) is 5.20. The molecule has 0 amide bonds. The van der Waals surface area contributed by atoms with Gasteiger partial charge in [0.15, 0.2) is 0 Å². The second-order valence-electron chi connectivity index (χ2n) is 5.17. The van der Waals surface area contributed by atoms with Gasteiger partial charge in [0.1, 0.15) is 0 Å². The Labute approximate surface area is 129 Å². The van der Waals surface area contributed by atoms with Crippen molar-refractivity contribution in [2.45, 2.75) is 27.7 Å². The molecule has 0 aliphatic carbocycles. The lowest BCUT2D eigenvalue weighted by Crippen LogP contribution is -2.05. The van der Waals surface area contributed by atoms with Crippen LogP contribution in [0.3, 0.4) is 0 Å². The van der Waals surface area contributed by atoms with Crippen LogP contribution in [0.5, 0.6) is 0 Å². The van der Waals surface area contributed by atoms with Crippen molar-refractivity contribution in [1.29, 1.82) is 0 Å². The molecule has 0 radical (unpaired) electrons. The van der Waals surface area contributed by atoms with Gasteiger partial charge in [0.2, 0.25) is 10.2 Å². The Hall–Kier alpha value is -1.87. The maximum atomic E-state index is 12.3. The number of aryl methyl sites for hydroxylation is 2. The van der Waals surface area contributed by atoms with E-state index >= 15 is 0 Å². The highest BCUT2D eigenvalue weighted by Crippen LogP contribution is 2.24. The number of hydrogen-bond donors (Lipinski definition) is 0. The summed E-state index contributed by atoms with van der Waals surface area (Å²) >= 11 is 0.774. The number of benzene rings is 2. The van der Waals surface area contributed by atoms with Crippen LogP contribution in [0.25, 0.3) is 0 Å². The van der Waals surface area contributed by atoms with Gasteiger partial charge in [0.25, 0.3) is 0 Å². The van der Waals surface area contributed by atoms with Gasteiger partial charge in [-0.2, -0.15) is 0 Å². The molecule has 0 saturated heterocycles. The zero-order valence-electron chi connectivity index (χ0n) is 12.7. The fourth-order valence-corrected chi connectivity index (χ4v) is 2.97. The van der Waals surface area contributed by atoms with Gasteiger partial charge < -0.3 is 0 Å². The lowest BCUT2D eigenvalue weighted by atomic mass is 10.0. The van der Waals surface area contributed by atoms with Gasteiger partial charge in [-0.3, -0.25) is 9.59 Å². The predicted octanol–water partition coefficient (Wildman–Crippen LogP) is 4.63. The van der Waals surface area contributed by atoms with Crippen molar-refractivity contribution in [3.05, 3.63) is 69.8 Å². The third-order valence-corrected chi connectivity index (χ3v) is 4.65. The van der Waals surface area contributed by atoms with E-state index in [1.807, 2.05) is 52.0 Å². The summed E-state index contributed by atoms with van der Waals surface area (Å²) in [7, 11) is 0. The Morgan fingerprint density at radius 1 is 0.714 bits per heavy atom. The summed E-state index contributed by atoms with van der Waals surface area (Å²) in [6, 6.07) is 11.2. The Bertz CT molecular complexity index is 656. The molecule has 0 aliphatic rings. The first-order valence-corrected chi connectivity index (χ1v) is 7.62. The van der Waals surface area contributed by atoms with Crippen LogP contribution in [0, 0.1) is 27.7 Å². The summed E-state index contributed by atoms with van der Waals surface area (Å²) in [4.78, 5) is 24.7. The molecule has 0 aromatic heterocycles. The van der Waals surface area contributed by atoms with Gasteiger partial charge in [-0.1, -0.05) is 36.4 Å². The lowest BCUT2D eigenvalue weighted by molar-refractivity contribution is 0.106. The number of thioether (sulfide) groups is 1. The van der Waals surface area contributed by atoms with Gasteiger partial charge in [-0.15, -0.1) is 0 Å². The van der Waals surface area contributed by atoms with E-state index in [0.717, 1.165) is 34.0 Å². The van der Waals surface area contributed by atoms with Gasteiger partial charge in [0.05, 0.1) is 0 Å². The molecule has 2 aromatic rings. The highest BCUT2D eigenvalue weighted by molar-refractivity contribution is 8.27. The lowest BCUT2D eigenvalue weighted by Gasteiger charge is -2.09. The minimum absolute atomic E-state index is 0.192. The second kappa shape index (κ2) is 6.27. The maximum absolute atomic E-state index is 12.3. The van der Waals surface area contributed by atoms with Crippen molar-refractivity contribution < 1.29 is 9.59 Å². The molecule has 21 heavy (non-hydrogen) atoms. The van der Waals surface area contributed by atoms with Crippen molar-refractivity contribution in [3.8, 4) is 0 Å². The van der Waals surface area contributed by atoms with E-state index < -0.39 is 0 Å². The Kier molecular flexibility index (Phi) is 4.63. The van der Waals surface area contributed by atoms with Crippen LogP contribution in [0.2, 0.25) is 0 Å². The zero-order chi connectivity index (χ0) is 15.6. The van der Waals surface area contributed by atoms with Crippen LogP contribution in [-0.4, -0.2) is 10.2 Å². The molecule has 0 aliphatic heterocycles. The average molecular weight is 298 g/mol. The molecule has 0 atom stereocenters. The molecule has 0 bridgehead atoms. The standard InChI is InChI=1S/C18H18O2S/c1-11-7-5-9-15(13(11)3)17(19)21-18(20)16-10-6-8-12(2)14(16)4/h5-10H,1-4H3. The number of carbonyl (C=O) groups excluding carboxylic acids is 2. The van der Waals surface area contributed by atoms with Crippen LogP contribution in [0.1, 0.15) is 43.0 Å². The first-order valence-electron chi connectivity index (χ1n) is 6.80. The van der Waals surface area contributed by atoms with E-state index in [2.05, 4.69) is 0 Å². The Morgan fingerprint density at radius 2 is 1.10 bits per heavy atom. The minimum Gasteiger partial charge on any atom is -0.281 e. The quantitative estimate of drug-likeness (QED) is 0.810. The summed E-state index contributed by atoms with van der Waals surface area (Å²) < 4.78 is 0. The van der Waals surface area contributed by atoms with Gasteiger partial charge in [0, 0.05) is 11.1 Å². The first-order chi connectivity index (χ1) is 9.91. The van der Waals surface area contributed by atoms with Crippen molar-refractivity contribution in [3.63, 3.8) is 0 Å².